The fourth-order valence-corrected chi connectivity index (χ4v) is 3.61. The van der Waals surface area contributed by atoms with Gasteiger partial charge in [0.2, 0.25) is 0 Å². The Kier molecular flexibility index (Phi) is 6.10. The van der Waals surface area contributed by atoms with Gasteiger partial charge >= 0.3 is 0 Å². The molecule has 6 nitrogen and oxygen atoms in total. The Morgan fingerprint density at radius 3 is 2.45 bits per heavy atom. The molecule has 0 aliphatic carbocycles. The summed E-state index contributed by atoms with van der Waals surface area (Å²) in [7, 11) is 0. The SMILES string of the molecule is O=C(c1ccc(Cn2cncn2)cc1)N1CCC(COc2ccc(Cl)cc2)CC1. The van der Waals surface area contributed by atoms with Crippen molar-refractivity contribution in [2.24, 2.45) is 5.92 Å². The van der Waals surface area contributed by atoms with Crippen molar-refractivity contribution in [3.63, 3.8) is 0 Å². The summed E-state index contributed by atoms with van der Waals surface area (Å²) in [5.41, 5.74) is 1.81. The summed E-state index contributed by atoms with van der Waals surface area (Å²) in [4.78, 5) is 18.7. The molecule has 1 saturated heterocycles. The van der Waals surface area contributed by atoms with Gasteiger partial charge in [-0.15, -0.1) is 0 Å². The zero-order valence-corrected chi connectivity index (χ0v) is 16.8. The van der Waals surface area contributed by atoms with E-state index in [2.05, 4.69) is 10.1 Å². The Balaban J connectivity index is 1.25. The molecule has 0 unspecified atom stereocenters. The summed E-state index contributed by atoms with van der Waals surface area (Å²) in [6, 6.07) is 15.2. The van der Waals surface area contributed by atoms with Crippen LogP contribution in [0.25, 0.3) is 0 Å². The summed E-state index contributed by atoms with van der Waals surface area (Å²) >= 11 is 5.90. The normalized spacial score (nSPS) is 14.7. The molecular weight excluding hydrogens is 388 g/mol. The van der Waals surface area contributed by atoms with Crippen molar-refractivity contribution < 1.29 is 9.53 Å². The largest absolute Gasteiger partial charge is 0.493 e. The first-order chi connectivity index (χ1) is 14.2. The minimum absolute atomic E-state index is 0.0920. The molecule has 29 heavy (non-hydrogen) atoms. The van der Waals surface area contributed by atoms with E-state index in [1.54, 1.807) is 11.0 Å². The van der Waals surface area contributed by atoms with Crippen LogP contribution >= 0.6 is 11.6 Å². The number of rotatable bonds is 6. The molecule has 0 spiro atoms. The van der Waals surface area contributed by atoms with E-state index in [4.69, 9.17) is 16.3 Å². The molecule has 0 radical (unpaired) electrons. The number of nitrogens with zero attached hydrogens (tertiary/aromatic N) is 4. The fourth-order valence-electron chi connectivity index (χ4n) is 3.48. The van der Waals surface area contributed by atoms with Gasteiger partial charge in [-0.25, -0.2) is 9.67 Å². The number of amides is 1. The first-order valence-electron chi connectivity index (χ1n) is 9.76. The maximum absolute atomic E-state index is 12.8. The van der Waals surface area contributed by atoms with Crippen molar-refractivity contribution in [3.8, 4) is 5.75 Å². The van der Waals surface area contributed by atoms with Crippen LogP contribution in [0.4, 0.5) is 0 Å². The van der Waals surface area contributed by atoms with Crippen molar-refractivity contribution in [1.82, 2.24) is 19.7 Å². The molecule has 1 amide bonds. The van der Waals surface area contributed by atoms with Crippen LogP contribution in [0.2, 0.25) is 5.02 Å². The number of hydrogen-bond acceptors (Lipinski definition) is 4. The number of likely N-dealkylation sites (tertiary alicyclic amines) is 1. The molecule has 1 aliphatic heterocycles. The van der Waals surface area contributed by atoms with Crippen LogP contribution in [0.3, 0.4) is 0 Å². The van der Waals surface area contributed by atoms with Crippen LogP contribution in [0, 0.1) is 5.92 Å². The Morgan fingerprint density at radius 1 is 1.07 bits per heavy atom. The highest BCUT2D eigenvalue weighted by atomic mass is 35.5. The van der Waals surface area contributed by atoms with Gasteiger partial charge in [0.15, 0.2) is 0 Å². The van der Waals surface area contributed by atoms with E-state index < -0.39 is 0 Å². The predicted octanol–water partition coefficient (Wildman–Crippen LogP) is 3.91. The first-order valence-corrected chi connectivity index (χ1v) is 10.1. The van der Waals surface area contributed by atoms with Gasteiger partial charge in [0.1, 0.15) is 18.4 Å². The van der Waals surface area contributed by atoms with Crippen molar-refractivity contribution in [1.29, 1.82) is 0 Å². The van der Waals surface area contributed by atoms with E-state index in [1.165, 1.54) is 6.33 Å². The fraction of sp³-hybridized carbons (Fsp3) is 0.318. The summed E-state index contributed by atoms with van der Waals surface area (Å²) in [6.45, 7) is 2.83. The second-order valence-corrected chi connectivity index (χ2v) is 7.73. The number of aromatic nitrogens is 3. The van der Waals surface area contributed by atoms with Crippen molar-refractivity contribution >= 4 is 17.5 Å². The third-order valence-corrected chi connectivity index (χ3v) is 5.47. The second kappa shape index (κ2) is 9.09. The number of hydrogen-bond donors (Lipinski definition) is 0. The van der Waals surface area contributed by atoms with Gasteiger partial charge in [-0.05, 0) is 60.7 Å². The van der Waals surface area contributed by atoms with Gasteiger partial charge in [0.25, 0.3) is 5.91 Å². The van der Waals surface area contributed by atoms with Crippen molar-refractivity contribution in [3.05, 3.63) is 77.3 Å². The number of halogens is 1. The second-order valence-electron chi connectivity index (χ2n) is 7.29. The molecule has 3 aromatic rings. The highest BCUT2D eigenvalue weighted by molar-refractivity contribution is 6.30. The zero-order valence-electron chi connectivity index (χ0n) is 16.1. The number of piperidine rings is 1. The molecule has 4 rings (SSSR count). The van der Waals surface area contributed by atoms with E-state index >= 15 is 0 Å². The molecule has 7 heteroatoms. The summed E-state index contributed by atoms with van der Waals surface area (Å²) < 4.78 is 7.62. The van der Waals surface area contributed by atoms with Crippen LogP contribution in [0.15, 0.2) is 61.2 Å². The molecule has 0 atom stereocenters. The molecule has 2 aromatic carbocycles. The molecule has 1 fully saturated rings. The zero-order chi connectivity index (χ0) is 20.1. The van der Waals surface area contributed by atoms with Crippen LogP contribution in [-0.2, 0) is 6.54 Å². The minimum Gasteiger partial charge on any atom is -0.493 e. The maximum Gasteiger partial charge on any atom is 0.253 e. The summed E-state index contributed by atoms with van der Waals surface area (Å²) in [5, 5.41) is 4.81. The Bertz CT molecular complexity index is 918. The van der Waals surface area contributed by atoms with E-state index in [9.17, 15) is 4.79 Å². The van der Waals surface area contributed by atoms with E-state index in [0.717, 1.165) is 42.8 Å². The van der Waals surface area contributed by atoms with Gasteiger partial charge in [0.05, 0.1) is 13.2 Å². The molecule has 150 valence electrons. The average Bonchev–Trinajstić information content (AvgIpc) is 3.27. The van der Waals surface area contributed by atoms with Gasteiger partial charge < -0.3 is 9.64 Å². The van der Waals surface area contributed by atoms with Gasteiger partial charge in [0, 0.05) is 23.7 Å². The van der Waals surface area contributed by atoms with Crippen LogP contribution < -0.4 is 4.74 Å². The molecule has 0 N–H and O–H groups in total. The highest BCUT2D eigenvalue weighted by Gasteiger charge is 2.24. The van der Waals surface area contributed by atoms with Gasteiger partial charge in [-0.2, -0.15) is 5.10 Å². The van der Waals surface area contributed by atoms with Crippen molar-refractivity contribution in [2.45, 2.75) is 19.4 Å². The Labute approximate surface area is 175 Å². The van der Waals surface area contributed by atoms with Crippen LogP contribution in [0.1, 0.15) is 28.8 Å². The number of carbonyl (C=O) groups is 1. The van der Waals surface area contributed by atoms with E-state index in [-0.39, 0.29) is 5.91 Å². The first kappa shape index (κ1) is 19.5. The molecule has 2 heterocycles. The minimum atomic E-state index is 0.0920. The van der Waals surface area contributed by atoms with Crippen LogP contribution in [-0.4, -0.2) is 45.3 Å². The molecular formula is C22H23ClN4O2. The molecule has 0 saturated carbocycles. The quantitative estimate of drug-likeness (QED) is 0.618. The third-order valence-electron chi connectivity index (χ3n) is 5.21. The van der Waals surface area contributed by atoms with Gasteiger partial charge in [-0.3, -0.25) is 4.79 Å². The van der Waals surface area contributed by atoms with Gasteiger partial charge in [-0.1, -0.05) is 23.7 Å². The molecule has 1 aromatic heterocycles. The molecule has 1 aliphatic rings. The topological polar surface area (TPSA) is 60.2 Å². The third kappa shape index (κ3) is 5.15. The lowest BCUT2D eigenvalue weighted by Gasteiger charge is -2.32. The van der Waals surface area contributed by atoms with E-state index in [0.29, 0.717) is 24.1 Å². The number of carbonyl (C=O) groups excluding carboxylic acids is 1. The number of ether oxygens (including phenoxy) is 1. The Hall–Kier alpha value is -2.86. The smallest absolute Gasteiger partial charge is 0.253 e. The van der Waals surface area contributed by atoms with Crippen LogP contribution in [0.5, 0.6) is 5.75 Å². The lowest BCUT2D eigenvalue weighted by atomic mass is 9.97. The van der Waals surface area contributed by atoms with E-state index in [1.807, 2.05) is 53.4 Å². The maximum atomic E-state index is 12.8. The standard InChI is InChI=1S/C22H23ClN4O2/c23-20-5-7-21(8-6-20)29-14-18-9-11-26(12-10-18)22(28)19-3-1-17(2-4-19)13-27-16-24-15-25-27/h1-8,15-16,18H,9-14H2. The average molecular weight is 411 g/mol. The summed E-state index contributed by atoms with van der Waals surface area (Å²) in [6.07, 6.45) is 5.09. The highest BCUT2D eigenvalue weighted by Crippen LogP contribution is 2.22. The lowest BCUT2D eigenvalue weighted by Crippen LogP contribution is -2.39. The predicted molar refractivity (Wildman–Crippen MR) is 111 cm³/mol. The lowest BCUT2D eigenvalue weighted by molar-refractivity contribution is 0.0661. The van der Waals surface area contributed by atoms with Crippen molar-refractivity contribution in [2.75, 3.05) is 19.7 Å². The summed E-state index contributed by atoms with van der Waals surface area (Å²) in [5.74, 6) is 1.38. The monoisotopic (exact) mass is 410 g/mol. The number of benzene rings is 2. The molecule has 0 bridgehead atoms. The Morgan fingerprint density at radius 2 is 1.79 bits per heavy atom.